The van der Waals surface area contributed by atoms with Crippen LogP contribution in [0.2, 0.25) is 0 Å². The van der Waals surface area contributed by atoms with E-state index in [1.165, 1.54) is 70.6 Å². The highest BCUT2D eigenvalue weighted by Gasteiger charge is 2.24. The fraction of sp³-hybridized carbons (Fsp3) is 0.952. The second-order valence-electron chi connectivity index (χ2n) is 8.34. The SMILES string of the molecule is C[C@@H](NC1CCCCC1)C(=O)N(CCCN)CCCC1CCCCC1. The van der Waals surface area contributed by atoms with Gasteiger partial charge in [0.1, 0.15) is 0 Å². The summed E-state index contributed by atoms with van der Waals surface area (Å²) in [5.41, 5.74) is 5.69. The molecule has 4 nitrogen and oxygen atoms in total. The van der Waals surface area contributed by atoms with Crippen molar-refractivity contribution < 1.29 is 4.79 Å². The number of rotatable bonds is 10. The van der Waals surface area contributed by atoms with E-state index in [4.69, 9.17) is 5.73 Å². The molecular formula is C21H41N3O. The minimum absolute atomic E-state index is 0.0597. The van der Waals surface area contributed by atoms with Crippen LogP contribution in [-0.4, -0.2) is 42.5 Å². The molecule has 0 aromatic heterocycles. The van der Waals surface area contributed by atoms with Gasteiger partial charge in [-0.1, -0.05) is 51.4 Å². The van der Waals surface area contributed by atoms with Crippen molar-refractivity contribution in [3.63, 3.8) is 0 Å². The number of carbonyl (C=O) groups excluding carboxylic acids is 1. The van der Waals surface area contributed by atoms with Crippen LogP contribution in [0.4, 0.5) is 0 Å². The fourth-order valence-corrected chi connectivity index (χ4v) is 4.63. The normalized spacial score (nSPS) is 21.2. The maximum absolute atomic E-state index is 12.9. The standard InChI is InChI=1S/C21H41N3O/c1-18(23-20-13-6-3-7-14-20)21(25)24(17-9-15-22)16-8-12-19-10-4-2-5-11-19/h18-20,23H,2-17,22H2,1H3/t18-/m1/s1. The van der Waals surface area contributed by atoms with Crippen LogP contribution in [0.5, 0.6) is 0 Å². The molecule has 25 heavy (non-hydrogen) atoms. The van der Waals surface area contributed by atoms with Gasteiger partial charge in [0.25, 0.3) is 0 Å². The maximum atomic E-state index is 12.9. The van der Waals surface area contributed by atoms with E-state index in [0.717, 1.165) is 31.8 Å². The molecule has 0 aromatic rings. The molecule has 0 unspecified atom stereocenters. The zero-order valence-electron chi connectivity index (χ0n) is 16.5. The van der Waals surface area contributed by atoms with Crippen LogP contribution >= 0.6 is 0 Å². The van der Waals surface area contributed by atoms with Crippen LogP contribution in [-0.2, 0) is 4.79 Å². The van der Waals surface area contributed by atoms with Gasteiger partial charge < -0.3 is 16.0 Å². The van der Waals surface area contributed by atoms with Crippen molar-refractivity contribution in [1.82, 2.24) is 10.2 Å². The monoisotopic (exact) mass is 351 g/mol. The van der Waals surface area contributed by atoms with Crippen LogP contribution in [0.15, 0.2) is 0 Å². The number of amides is 1. The predicted molar refractivity (Wildman–Crippen MR) is 106 cm³/mol. The van der Waals surface area contributed by atoms with E-state index >= 15 is 0 Å². The van der Waals surface area contributed by atoms with Gasteiger partial charge in [0.2, 0.25) is 5.91 Å². The van der Waals surface area contributed by atoms with Crippen molar-refractivity contribution in [3.05, 3.63) is 0 Å². The number of hydrogen-bond donors (Lipinski definition) is 2. The van der Waals surface area contributed by atoms with Gasteiger partial charge in [0.15, 0.2) is 0 Å². The Kier molecular flexibility index (Phi) is 9.85. The minimum atomic E-state index is -0.0597. The highest BCUT2D eigenvalue weighted by Crippen LogP contribution is 2.27. The summed E-state index contributed by atoms with van der Waals surface area (Å²) in [6, 6.07) is 0.474. The van der Waals surface area contributed by atoms with Crippen LogP contribution < -0.4 is 11.1 Å². The fourth-order valence-electron chi connectivity index (χ4n) is 4.63. The Labute approximate surface area is 155 Å². The van der Waals surface area contributed by atoms with E-state index in [0.29, 0.717) is 12.6 Å². The smallest absolute Gasteiger partial charge is 0.239 e. The molecule has 0 heterocycles. The predicted octanol–water partition coefficient (Wildman–Crippen LogP) is 3.84. The number of hydrogen-bond acceptors (Lipinski definition) is 3. The molecule has 2 aliphatic carbocycles. The summed E-state index contributed by atoms with van der Waals surface area (Å²) in [6.45, 7) is 4.44. The summed E-state index contributed by atoms with van der Waals surface area (Å²) in [7, 11) is 0. The molecule has 146 valence electrons. The second kappa shape index (κ2) is 11.9. The molecule has 0 bridgehead atoms. The molecule has 0 spiro atoms. The van der Waals surface area contributed by atoms with Crippen molar-refractivity contribution in [2.45, 2.75) is 102 Å². The van der Waals surface area contributed by atoms with Crippen LogP contribution in [0.3, 0.4) is 0 Å². The zero-order chi connectivity index (χ0) is 17.9. The quantitative estimate of drug-likeness (QED) is 0.629. The summed E-state index contributed by atoms with van der Waals surface area (Å²) in [4.78, 5) is 15.0. The molecule has 1 atom stereocenters. The maximum Gasteiger partial charge on any atom is 0.239 e. The summed E-state index contributed by atoms with van der Waals surface area (Å²) >= 11 is 0. The summed E-state index contributed by atoms with van der Waals surface area (Å²) in [6.07, 6.45) is 16.8. The Hall–Kier alpha value is -0.610. The van der Waals surface area contributed by atoms with E-state index in [1.807, 2.05) is 6.92 Å². The molecule has 0 saturated heterocycles. The summed E-state index contributed by atoms with van der Waals surface area (Å²) in [5.74, 6) is 1.18. The minimum Gasteiger partial charge on any atom is -0.341 e. The Bertz CT molecular complexity index is 362. The van der Waals surface area contributed by atoms with E-state index < -0.39 is 0 Å². The van der Waals surface area contributed by atoms with Gasteiger partial charge in [-0.3, -0.25) is 4.79 Å². The Morgan fingerprint density at radius 1 is 1.00 bits per heavy atom. The topological polar surface area (TPSA) is 58.4 Å². The van der Waals surface area contributed by atoms with Gasteiger partial charge in [-0.25, -0.2) is 0 Å². The molecule has 2 rings (SSSR count). The number of nitrogens with one attached hydrogen (secondary N) is 1. The zero-order valence-corrected chi connectivity index (χ0v) is 16.5. The van der Waals surface area contributed by atoms with Gasteiger partial charge in [-0.15, -0.1) is 0 Å². The lowest BCUT2D eigenvalue weighted by Crippen LogP contribution is -2.49. The molecule has 3 N–H and O–H groups in total. The molecular weight excluding hydrogens is 310 g/mol. The third kappa shape index (κ3) is 7.65. The first-order valence-electron chi connectivity index (χ1n) is 11.0. The van der Waals surface area contributed by atoms with Gasteiger partial charge in [0, 0.05) is 19.1 Å². The average Bonchev–Trinajstić information content (AvgIpc) is 2.65. The Balaban J connectivity index is 1.76. The summed E-state index contributed by atoms with van der Waals surface area (Å²) < 4.78 is 0. The van der Waals surface area contributed by atoms with Crippen molar-refractivity contribution in [1.29, 1.82) is 0 Å². The van der Waals surface area contributed by atoms with Crippen molar-refractivity contribution in [2.24, 2.45) is 11.7 Å². The molecule has 2 aliphatic rings. The molecule has 0 radical (unpaired) electrons. The van der Waals surface area contributed by atoms with Gasteiger partial charge in [-0.05, 0) is 51.5 Å². The molecule has 0 aliphatic heterocycles. The van der Waals surface area contributed by atoms with Gasteiger partial charge in [0.05, 0.1) is 6.04 Å². The van der Waals surface area contributed by atoms with Crippen LogP contribution in [0, 0.1) is 5.92 Å². The molecule has 2 fully saturated rings. The first-order chi connectivity index (χ1) is 12.2. The van der Waals surface area contributed by atoms with Crippen LogP contribution in [0.25, 0.3) is 0 Å². The second-order valence-corrected chi connectivity index (χ2v) is 8.34. The highest BCUT2D eigenvalue weighted by atomic mass is 16.2. The molecule has 2 saturated carbocycles. The number of carbonyl (C=O) groups is 1. The third-order valence-electron chi connectivity index (χ3n) is 6.17. The summed E-state index contributed by atoms with van der Waals surface area (Å²) in [5, 5.41) is 3.59. The lowest BCUT2D eigenvalue weighted by Gasteiger charge is -2.31. The van der Waals surface area contributed by atoms with Gasteiger partial charge in [-0.2, -0.15) is 0 Å². The lowest BCUT2D eigenvalue weighted by atomic mass is 9.86. The molecule has 4 heteroatoms. The highest BCUT2D eigenvalue weighted by molar-refractivity contribution is 5.81. The van der Waals surface area contributed by atoms with Crippen molar-refractivity contribution >= 4 is 5.91 Å². The molecule has 0 aromatic carbocycles. The van der Waals surface area contributed by atoms with Crippen LogP contribution in [0.1, 0.15) is 90.4 Å². The molecule has 1 amide bonds. The van der Waals surface area contributed by atoms with Crippen molar-refractivity contribution in [2.75, 3.05) is 19.6 Å². The van der Waals surface area contributed by atoms with E-state index in [2.05, 4.69) is 10.2 Å². The average molecular weight is 352 g/mol. The number of nitrogens with zero attached hydrogens (tertiary/aromatic N) is 1. The van der Waals surface area contributed by atoms with Gasteiger partial charge >= 0.3 is 0 Å². The third-order valence-corrected chi connectivity index (χ3v) is 6.17. The Morgan fingerprint density at radius 2 is 1.60 bits per heavy atom. The first kappa shape index (κ1) is 20.7. The van der Waals surface area contributed by atoms with E-state index in [-0.39, 0.29) is 11.9 Å². The van der Waals surface area contributed by atoms with E-state index in [1.54, 1.807) is 0 Å². The Morgan fingerprint density at radius 3 is 2.24 bits per heavy atom. The number of nitrogens with two attached hydrogens (primary N) is 1. The lowest BCUT2D eigenvalue weighted by molar-refractivity contribution is -0.133. The van der Waals surface area contributed by atoms with Crippen molar-refractivity contribution in [3.8, 4) is 0 Å². The largest absolute Gasteiger partial charge is 0.341 e. The van der Waals surface area contributed by atoms with E-state index in [9.17, 15) is 4.79 Å². The first-order valence-corrected chi connectivity index (χ1v) is 11.0.